The molecule has 0 saturated carbocycles. The first-order chi connectivity index (χ1) is 28.8. The van der Waals surface area contributed by atoms with E-state index in [1.165, 1.54) is 122 Å². The zero-order chi connectivity index (χ0) is 43.0. The van der Waals surface area contributed by atoms with Crippen LogP contribution in [0.5, 0.6) is 0 Å². The first-order valence-electron chi connectivity index (χ1n) is 24.0. The molecule has 10 nitrogen and oxygen atoms in total. The van der Waals surface area contributed by atoms with E-state index < -0.39 is 49.4 Å². The van der Waals surface area contributed by atoms with Crippen LogP contribution in [0.3, 0.4) is 0 Å². The van der Waals surface area contributed by atoms with E-state index in [2.05, 4.69) is 37.8 Å². The second-order valence-electron chi connectivity index (χ2n) is 16.6. The van der Waals surface area contributed by atoms with Gasteiger partial charge in [0.1, 0.15) is 31.0 Å². The van der Waals surface area contributed by atoms with Gasteiger partial charge in [-0.2, -0.15) is 0 Å². The molecule has 1 heterocycles. The van der Waals surface area contributed by atoms with E-state index in [1.807, 2.05) is 6.08 Å². The average Bonchev–Trinajstić information content (AvgIpc) is 3.23. The fourth-order valence-corrected chi connectivity index (χ4v) is 7.32. The number of esters is 2. The number of carbonyl (C=O) groups is 2. The minimum atomic E-state index is -1.60. The molecule has 0 amide bonds. The maximum Gasteiger partial charge on any atom is 0.306 e. The number of hydrogen-bond acceptors (Lipinski definition) is 10. The molecule has 0 aromatic heterocycles. The Bertz CT molecular complexity index is 1050. The van der Waals surface area contributed by atoms with Crippen molar-refractivity contribution in [1.29, 1.82) is 0 Å². The van der Waals surface area contributed by atoms with Crippen molar-refractivity contribution in [2.75, 3.05) is 19.8 Å². The van der Waals surface area contributed by atoms with Gasteiger partial charge in [0.15, 0.2) is 12.4 Å². The highest BCUT2D eigenvalue weighted by molar-refractivity contribution is 5.70. The summed E-state index contributed by atoms with van der Waals surface area (Å²) < 4.78 is 22.2. The zero-order valence-corrected chi connectivity index (χ0v) is 37.3. The molecule has 0 aromatic rings. The third-order valence-corrected chi connectivity index (χ3v) is 11.1. The van der Waals surface area contributed by atoms with Crippen molar-refractivity contribution in [1.82, 2.24) is 0 Å². The molecule has 0 aliphatic carbocycles. The number of carbonyl (C=O) groups excluding carboxylic acids is 2. The summed E-state index contributed by atoms with van der Waals surface area (Å²) in [5, 5.41) is 40.1. The number of allylic oxidation sites excluding steroid dienone is 5. The van der Waals surface area contributed by atoms with Crippen molar-refractivity contribution in [3.63, 3.8) is 0 Å². The van der Waals surface area contributed by atoms with Gasteiger partial charge in [0.05, 0.1) is 13.2 Å². The molecule has 4 N–H and O–H groups in total. The third-order valence-electron chi connectivity index (χ3n) is 11.1. The highest BCUT2D eigenvalue weighted by atomic mass is 16.7. The van der Waals surface area contributed by atoms with E-state index in [-0.39, 0.29) is 32.0 Å². The minimum absolute atomic E-state index is 0.219. The molecule has 0 radical (unpaired) electrons. The van der Waals surface area contributed by atoms with Crippen LogP contribution in [-0.4, -0.2) is 89.0 Å². The van der Waals surface area contributed by atoms with E-state index in [9.17, 15) is 30.0 Å². The van der Waals surface area contributed by atoms with Gasteiger partial charge in [-0.25, -0.2) is 0 Å². The molecule has 0 bridgehead atoms. The SMILES string of the molecule is C=CCCCCCCCCCCCCCCCC(=O)OC[C@H](CO[C@@H]1O[C@H](CO)[C@H](O)C(O)C1O)OC(=O)CCCCCCCCCCC/C=C/C/C=C/CCCCC. The van der Waals surface area contributed by atoms with Crippen LogP contribution in [0.2, 0.25) is 0 Å². The summed E-state index contributed by atoms with van der Waals surface area (Å²) in [6.45, 7) is 4.93. The smallest absolute Gasteiger partial charge is 0.306 e. The Morgan fingerprint density at radius 2 is 1.03 bits per heavy atom. The van der Waals surface area contributed by atoms with E-state index in [0.29, 0.717) is 6.42 Å². The van der Waals surface area contributed by atoms with Gasteiger partial charge in [0.25, 0.3) is 0 Å². The van der Waals surface area contributed by atoms with Crippen LogP contribution in [0.1, 0.15) is 206 Å². The summed E-state index contributed by atoms with van der Waals surface area (Å²) in [4.78, 5) is 25.4. The summed E-state index contributed by atoms with van der Waals surface area (Å²) >= 11 is 0. The number of aliphatic hydroxyl groups excluding tert-OH is 4. The molecule has 1 aliphatic rings. The molecular weight excluding hydrogens is 749 g/mol. The summed E-state index contributed by atoms with van der Waals surface area (Å²) in [7, 11) is 0. The molecule has 1 rings (SSSR count). The van der Waals surface area contributed by atoms with Crippen molar-refractivity contribution in [3.05, 3.63) is 37.0 Å². The number of ether oxygens (including phenoxy) is 4. The van der Waals surface area contributed by atoms with Gasteiger partial charge in [0, 0.05) is 12.8 Å². The van der Waals surface area contributed by atoms with Gasteiger partial charge in [-0.05, 0) is 57.8 Å². The van der Waals surface area contributed by atoms with Crippen molar-refractivity contribution in [3.8, 4) is 0 Å². The molecule has 1 saturated heterocycles. The Balaban J connectivity index is 2.28. The van der Waals surface area contributed by atoms with Crippen molar-refractivity contribution in [2.45, 2.75) is 243 Å². The normalized spacial score (nSPS) is 20.1. The second-order valence-corrected chi connectivity index (χ2v) is 16.6. The monoisotopic (exact) mass is 837 g/mol. The quantitative estimate of drug-likeness (QED) is 0.0266. The predicted molar refractivity (Wildman–Crippen MR) is 238 cm³/mol. The first kappa shape index (κ1) is 54.9. The summed E-state index contributed by atoms with van der Waals surface area (Å²) in [6, 6.07) is 0. The Kier molecular flexibility index (Phi) is 37.3. The molecule has 344 valence electrons. The largest absolute Gasteiger partial charge is 0.462 e. The fourth-order valence-electron chi connectivity index (χ4n) is 7.32. The third kappa shape index (κ3) is 31.4. The molecular formula is C49H88O10. The highest BCUT2D eigenvalue weighted by Crippen LogP contribution is 2.23. The van der Waals surface area contributed by atoms with Gasteiger partial charge >= 0.3 is 11.9 Å². The topological polar surface area (TPSA) is 152 Å². The molecule has 10 heteroatoms. The van der Waals surface area contributed by atoms with Crippen LogP contribution in [0.25, 0.3) is 0 Å². The predicted octanol–water partition coefficient (Wildman–Crippen LogP) is 10.7. The van der Waals surface area contributed by atoms with Gasteiger partial charge in [0.2, 0.25) is 0 Å². The highest BCUT2D eigenvalue weighted by Gasteiger charge is 2.44. The van der Waals surface area contributed by atoms with Crippen molar-refractivity contribution in [2.24, 2.45) is 0 Å². The van der Waals surface area contributed by atoms with E-state index in [0.717, 1.165) is 57.8 Å². The molecule has 1 aliphatic heterocycles. The second kappa shape index (κ2) is 40.0. The van der Waals surface area contributed by atoms with Gasteiger partial charge in [-0.3, -0.25) is 9.59 Å². The zero-order valence-electron chi connectivity index (χ0n) is 37.3. The van der Waals surface area contributed by atoms with Crippen LogP contribution >= 0.6 is 0 Å². The number of hydrogen-bond donors (Lipinski definition) is 4. The van der Waals surface area contributed by atoms with Crippen LogP contribution in [-0.2, 0) is 28.5 Å². The summed E-state index contributed by atoms with van der Waals surface area (Å²) in [6.07, 6.45) is 37.5. The van der Waals surface area contributed by atoms with Gasteiger partial charge in [-0.1, -0.05) is 166 Å². The van der Waals surface area contributed by atoms with Crippen molar-refractivity contribution >= 4 is 11.9 Å². The fraction of sp³-hybridized carbons (Fsp3) is 0.837. The molecule has 59 heavy (non-hydrogen) atoms. The van der Waals surface area contributed by atoms with Crippen molar-refractivity contribution < 1.29 is 49.0 Å². The molecule has 0 aromatic carbocycles. The molecule has 1 fully saturated rings. The van der Waals surface area contributed by atoms with Gasteiger partial charge in [-0.15, -0.1) is 6.58 Å². The van der Waals surface area contributed by atoms with Gasteiger partial charge < -0.3 is 39.4 Å². The first-order valence-corrected chi connectivity index (χ1v) is 24.0. The number of unbranched alkanes of at least 4 members (excludes halogenated alkanes) is 25. The molecule has 6 atom stereocenters. The maximum atomic E-state index is 12.8. The molecule has 0 spiro atoms. The van der Waals surface area contributed by atoms with E-state index in [1.54, 1.807) is 0 Å². The minimum Gasteiger partial charge on any atom is -0.462 e. The lowest BCUT2D eigenvalue weighted by Crippen LogP contribution is -2.59. The molecule has 2 unspecified atom stereocenters. The van der Waals surface area contributed by atoms with E-state index in [4.69, 9.17) is 18.9 Å². The van der Waals surface area contributed by atoms with Crippen LogP contribution in [0.4, 0.5) is 0 Å². The Hall–Kier alpha value is -2.08. The lowest BCUT2D eigenvalue weighted by Gasteiger charge is -2.39. The van der Waals surface area contributed by atoms with Crippen LogP contribution in [0.15, 0.2) is 37.0 Å². The van der Waals surface area contributed by atoms with Crippen LogP contribution in [0, 0.1) is 0 Å². The van der Waals surface area contributed by atoms with E-state index >= 15 is 0 Å². The Morgan fingerprint density at radius 3 is 1.53 bits per heavy atom. The number of rotatable bonds is 41. The standard InChI is InChI=1S/C49H88O10/c1-3-5-7-9-11-13-15-17-19-20-21-22-24-26-28-30-32-34-36-38-45(52)58-42(41-57-49-48(55)47(54)46(53)43(39-50)59-49)40-56-44(51)37-35-33-31-29-27-25-23-18-16-14-12-10-8-6-4-2/h4,11,13,17,19,42-43,46-50,53-55H,2-3,5-10,12,14-16,18,20-41H2,1H3/b13-11+,19-17+/t42-,43-,46+,47?,48?,49-/m1/s1. The van der Waals surface area contributed by atoms with Crippen LogP contribution < -0.4 is 0 Å². The lowest BCUT2D eigenvalue weighted by atomic mass is 9.99. The number of aliphatic hydroxyl groups is 4. The summed E-state index contributed by atoms with van der Waals surface area (Å²) in [5.74, 6) is -0.809. The maximum absolute atomic E-state index is 12.8. The Labute approximate surface area is 359 Å². The summed E-state index contributed by atoms with van der Waals surface area (Å²) in [5.41, 5.74) is 0. The lowest BCUT2D eigenvalue weighted by molar-refractivity contribution is -0.305. The Morgan fingerprint density at radius 1 is 0.576 bits per heavy atom. The average molecular weight is 837 g/mol.